The summed E-state index contributed by atoms with van der Waals surface area (Å²) in [7, 11) is 0. The van der Waals surface area contributed by atoms with Gasteiger partial charge in [0.1, 0.15) is 0 Å². The van der Waals surface area contributed by atoms with E-state index in [0.717, 1.165) is 26.0 Å². The van der Waals surface area contributed by atoms with Gasteiger partial charge in [0.2, 0.25) is 0 Å². The molecule has 0 bridgehead atoms. The first-order valence-electron chi connectivity index (χ1n) is 6.90. The lowest BCUT2D eigenvalue weighted by molar-refractivity contribution is 0.0615. The predicted molar refractivity (Wildman–Crippen MR) is 81.2 cm³/mol. The van der Waals surface area contributed by atoms with E-state index in [1.165, 1.54) is 5.56 Å². The summed E-state index contributed by atoms with van der Waals surface area (Å²) in [6.45, 7) is 6.20. The number of nitrogens with one attached hydrogen (secondary N) is 1. The summed E-state index contributed by atoms with van der Waals surface area (Å²) in [5, 5.41) is 4.76. The van der Waals surface area contributed by atoms with E-state index in [0.29, 0.717) is 22.0 Å². The SMILES string of the molecule is CCNC(Cc1ccc(Cl)c(Cl)c1)C1OCCC1C. The van der Waals surface area contributed by atoms with Gasteiger partial charge in [-0.15, -0.1) is 0 Å². The molecule has 0 saturated carbocycles. The number of likely N-dealkylation sites (N-methyl/N-ethyl adjacent to an activating group) is 1. The molecule has 1 fully saturated rings. The number of ether oxygens (including phenoxy) is 1. The van der Waals surface area contributed by atoms with Crippen LogP contribution in [0.3, 0.4) is 0 Å². The summed E-state index contributed by atoms with van der Waals surface area (Å²) >= 11 is 12.0. The van der Waals surface area contributed by atoms with Gasteiger partial charge in [-0.1, -0.05) is 43.1 Å². The first kappa shape index (κ1) is 15.1. The normalized spacial score (nSPS) is 24.6. The molecule has 1 heterocycles. The Labute approximate surface area is 125 Å². The van der Waals surface area contributed by atoms with Crippen LogP contribution in [0, 0.1) is 5.92 Å². The van der Waals surface area contributed by atoms with Crippen LogP contribution in [0.5, 0.6) is 0 Å². The third-order valence-corrected chi connectivity index (χ3v) is 4.49. The average Bonchev–Trinajstić information content (AvgIpc) is 2.79. The zero-order chi connectivity index (χ0) is 13.8. The molecule has 0 spiro atoms. The summed E-state index contributed by atoms with van der Waals surface area (Å²) in [4.78, 5) is 0. The molecule has 1 aliphatic rings. The van der Waals surface area contributed by atoms with Crippen molar-refractivity contribution in [2.75, 3.05) is 13.2 Å². The molecule has 1 aliphatic heterocycles. The Morgan fingerprint density at radius 3 is 2.74 bits per heavy atom. The largest absolute Gasteiger partial charge is 0.376 e. The monoisotopic (exact) mass is 301 g/mol. The second kappa shape index (κ2) is 6.94. The second-order valence-corrected chi connectivity index (χ2v) is 6.03. The molecule has 0 aromatic heterocycles. The van der Waals surface area contributed by atoms with E-state index in [-0.39, 0.29) is 6.10 Å². The highest BCUT2D eigenvalue weighted by Gasteiger charge is 2.31. The summed E-state index contributed by atoms with van der Waals surface area (Å²) in [5.41, 5.74) is 1.20. The molecule has 1 aromatic rings. The fourth-order valence-electron chi connectivity index (χ4n) is 2.72. The van der Waals surface area contributed by atoms with Crippen molar-refractivity contribution in [1.82, 2.24) is 5.32 Å². The first-order chi connectivity index (χ1) is 9.11. The Bertz CT molecular complexity index is 425. The van der Waals surface area contributed by atoms with E-state index in [9.17, 15) is 0 Å². The number of rotatable bonds is 5. The molecule has 106 valence electrons. The van der Waals surface area contributed by atoms with Crippen molar-refractivity contribution in [2.24, 2.45) is 5.92 Å². The van der Waals surface area contributed by atoms with Gasteiger partial charge in [-0.25, -0.2) is 0 Å². The van der Waals surface area contributed by atoms with Crippen molar-refractivity contribution in [3.63, 3.8) is 0 Å². The van der Waals surface area contributed by atoms with Crippen LogP contribution in [-0.4, -0.2) is 25.3 Å². The lowest BCUT2D eigenvalue weighted by atomic mass is 9.93. The van der Waals surface area contributed by atoms with Crippen LogP contribution in [0.1, 0.15) is 25.8 Å². The van der Waals surface area contributed by atoms with Crippen LogP contribution in [0.4, 0.5) is 0 Å². The standard InChI is InChI=1S/C15H21Cl2NO/c1-3-18-14(15-10(2)6-7-19-15)9-11-4-5-12(16)13(17)8-11/h4-5,8,10,14-15,18H,3,6-7,9H2,1-2H3. The number of hydrogen-bond acceptors (Lipinski definition) is 2. The molecule has 2 rings (SSSR count). The van der Waals surface area contributed by atoms with Gasteiger partial charge >= 0.3 is 0 Å². The maximum absolute atomic E-state index is 6.08. The fourth-order valence-corrected chi connectivity index (χ4v) is 3.04. The molecule has 3 atom stereocenters. The molecule has 19 heavy (non-hydrogen) atoms. The van der Waals surface area contributed by atoms with Gasteiger partial charge in [0, 0.05) is 12.6 Å². The van der Waals surface area contributed by atoms with Crippen molar-refractivity contribution >= 4 is 23.2 Å². The maximum atomic E-state index is 6.08. The summed E-state index contributed by atoms with van der Waals surface area (Å²) in [6.07, 6.45) is 2.35. The van der Waals surface area contributed by atoms with E-state index in [1.54, 1.807) is 0 Å². The van der Waals surface area contributed by atoms with E-state index in [1.807, 2.05) is 18.2 Å². The molecule has 1 N–H and O–H groups in total. The summed E-state index contributed by atoms with van der Waals surface area (Å²) < 4.78 is 5.88. The molecule has 2 nitrogen and oxygen atoms in total. The number of halogens is 2. The van der Waals surface area contributed by atoms with Gasteiger partial charge in [-0.05, 0) is 43.0 Å². The van der Waals surface area contributed by atoms with Crippen molar-refractivity contribution in [2.45, 2.75) is 38.8 Å². The second-order valence-electron chi connectivity index (χ2n) is 5.22. The van der Waals surface area contributed by atoms with Crippen molar-refractivity contribution in [1.29, 1.82) is 0 Å². The van der Waals surface area contributed by atoms with Gasteiger partial charge in [0.25, 0.3) is 0 Å². The van der Waals surface area contributed by atoms with Crippen LogP contribution in [0.25, 0.3) is 0 Å². The van der Waals surface area contributed by atoms with Crippen LogP contribution in [0.2, 0.25) is 10.0 Å². The Morgan fingerprint density at radius 2 is 2.16 bits per heavy atom. The van der Waals surface area contributed by atoms with E-state index in [4.69, 9.17) is 27.9 Å². The molecule has 1 saturated heterocycles. The van der Waals surface area contributed by atoms with Gasteiger partial charge in [-0.2, -0.15) is 0 Å². The molecule has 1 aromatic carbocycles. The van der Waals surface area contributed by atoms with Gasteiger partial charge < -0.3 is 10.1 Å². The fraction of sp³-hybridized carbons (Fsp3) is 0.600. The molecular weight excluding hydrogens is 281 g/mol. The van der Waals surface area contributed by atoms with Crippen molar-refractivity contribution < 1.29 is 4.74 Å². The predicted octanol–water partition coefficient (Wildman–Crippen LogP) is 3.94. The summed E-state index contributed by atoms with van der Waals surface area (Å²) in [5.74, 6) is 0.604. The molecule has 0 radical (unpaired) electrons. The molecular formula is C15H21Cl2NO. The number of hydrogen-bond donors (Lipinski definition) is 1. The van der Waals surface area contributed by atoms with Gasteiger partial charge in [-0.3, -0.25) is 0 Å². The highest BCUT2D eigenvalue weighted by molar-refractivity contribution is 6.42. The minimum Gasteiger partial charge on any atom is -0.376 e. The maximum Gasteiger partial charge on any atom is 0.0757 e. The lowest BCUT2D eigenvalue weighted by Gasteiger charge is -2.27. The third kappa shape index (κ3) is 3.85. The van der Waals surface area contributed by atoms with E-state index in [2.05, 4.69) is 19.2 Å². The minimum atomic E-state index is 0.286. The van der Waals surface area contributed by atoms with Crippen LogP contribution >= 0.6 is 23.2 Å². The topological polar surface area (TPSA) is 21.3 Å². The quantitative estimate of drug-likeness (QED) is 0.889. The number of benzene rings is 1. The Kier molecular flexibility index (Phi) is 5.52. The highest BCUT2D eigenvalue weighted by atomic mass is 35.5. The average molecular weight is 302 g/mol. The highest BCUT2D eigenvalue weighted by Crippen LogP contribution is 2.27. The van der Waals surface area contributed by atoms with E-state index >= 15 is 0 Å². The Hall–Kier alpha value is -0.280. The van der Waals surface area contributed by atoms with Crippen molar-refractivity contribution in [3.8, 4) is 0 Å². The van der Waals surface area contributed by atoms with E-state index < -0.39 is 0 Å². The van der Waals surface area contributed by atoms with Crippen molar-refractivity contribution in [3.05, 3.63) is 33.8 Å². The zero-order valence-corrected chi connectivity index (χ0v) is 13.0. The van der Waals surface area contributed by atoms with Gasteiger partial charge in [0.15, 0.2) is 0 Å². The third-order valence-electron chi connectivity index (χ3n) is 3.75. The van der Waals surface area contributed by atoms with Crippen LogP contribution < -0.4 is 5.32 Å². The molecule has 4 heteroatoms. The van der Waals surface area contributed by atoms with Gasteiger partial charge in [0.05, 0.1) is 16.1 Å². The Morgan fingerprint density at radius 1 is 1.37 bits per heavy atom. The lowest BCUT2D eigenvalue weighted by Crippen LogP contribution is -2.43. The zero-order valence-electron chi connectivity index (χ0n) is 11.5. The summed E-state index contributed by atoms with van der Waals surface area (Å²) in [6, 6.07) is 6.19. The molecule has 0 amide bonds. The first-order valence-corrected chi connectivity index (χ1v) is 7.66. The van der Waals surface area contributed by atoms with Crippen LogP contribution in [0.15, 0.2) is 18.2 Å². The smallest absolute Gasteiger partial charge is 0.0757 e. The molecule has 3 unspecified atom stereocenters. The minimum absolute atomic E-state index is 0.286. The Balaban J connectivity index is 2.09. The van der Waals surface area contributed by atoms with Crippen LogP contribution in [-0.2, 0) is 11.2 Å². The molecule has 0 aliphatic carbocycles.